The maximum Gasteiger partial charge on any atom is 0.412 e. The van der Waals surface area contributed by atoms with Gasteiger partial charge in [0.15, 0.2) is 0 Å². The molecule has 0 bridgehead atoms. The van der Waals surface area contributed by atoms with Gasteiger partial charge in [-0.15, -0.1) is 6.58 Å². The molecule has 0 spiro atoms. The van der Waals surface area contributed by atoms with E-state index in [0.29, 0.717) is 6.08 Å². The first-order valence-corrected chi connectivity index (χ1v) is 4.74. The molecule has 0 unspecified atom stereocenters. The van der Waals surface area contributed by atoms with Gasteiger partial charge >= 0.3 is 12.1 Å². The highest BCUT2D eigenvalue weighted by Crippen LogP contribution is 2.43. The fourth-order valence-electron chi connectivity index (χ4n) is 1.58. The van der Waals surface area contributed by atoms with Crippen LogP contribution < -0.4 is 0 Å². The first-order valence-electron chi connectivity index (χ1n) is 4.74. The van der Waals surface area contributed by atoms with Gasteiger partial charge in [-0.3, -0.25) is 4.79 Å². The molecule has 0 aliphatic rings. The molecule has 0 aromatic heterocycles. The van der Waals surface area contributed by atoms with Crippen molar-refractivity contribution in [3.05, 3.63) is 48.6 Å². The summed E-state index contributed by atoms with van der Waals surface area (Å²) in [5.74, 6) is -1.40. The third-order valence-electron chi connectivity index (χ3n) is 2.49. The Hall–Kier alpha value is -1.78. The van der Waals surface area contributed by atoms with Crippen LogP contribution in [0, 0.1) is 0 Å². The Morgan fingerprint density at radius 3 is 2.18 bits per heavy atom. The Morgan fingerprint density at radius 2 is 1.82 bits per heavy atom. The quantitative estimate of drug-likeness (QED) is 0.603. The largest absolute Gasteiger partial charge is 0.468 e. The Labute approximate surface area is 96.7 Å². The van der Waals surface area contributed by atoms with E-state index in [-0.39, 0.29) is 5.56 Å². The van der Waals surface area contributed by atoms with Crippen molar-refractivity contribution in [2.75, 3.05) is 7.11 Å². The van der Waals surface area contributed by atoms with Gasteiger partial charge in [-0.25, -0.2) is 0 Å². The molecule has 0 saturated carbocycles. The molecule has 0 saturated heterocycles. The summed E-state index contributed by atoms with van der Waals surface area (Å²) in [5.41, 5.74) is -3.03. The van der Waals surface area contributed by atoms with Gasteiger partial charge in [-0.05, 0) is 5.56 Å². The second-order valence-electron chi connectivity index (χ2n) is 3.37. The molecule has 0 fully saturated rings. The Bertz CT molecular complexity index is 412. The van der Waals surface area contributed by atoms with E-state index < -0.39 is 17.6 Å². The van der Waals surface area contributed by atoms with E-state index >= 15 is 0 Å². The second-order valence-corrected chi connectivity index (χ2v) is 3.37. The zero-order valence-electron chi connectivity index (χ0n) is 9.12. The molecule has 1 atom stereocenters. The first kappa shape index (κ1) is 13.3. The highest BCUT2D eigenvalue weighted by atomic mass is 19.4. The summed E-state index contributed by atoms with van der Waals surface area (Å²) in [7, 11) is 0.912. The summed E-state index contributed by atoms with van der Waals surface area (Å²) < 4.78 is 43.6. The van der Waals surface area contributed by atoms with Crippen LogP contribution in [0.5, 0.6) is 0 Å². The van der Waals surface area contributed by atoms with Crippen molar-refractivity contribution in [1.82, 2.24) is 0 Å². The number of halogens is 3. The Morgan fingerprint density at radius 1 is 1.29 bits per heavy atom. The minimum atomic E-state index is -4.80. The predicted octanol–water partition coefficient (Wildman–Crippen LogP) is 2.85. The number of rotatable bonds is 3. The predicted molar refractivity (Wildman–Crippen MR) is 56.4 cm³/mol. The van der Waals surface area contributed by atoms with Crippen LogP contribution in [0.2, 0.25) is 0 Å². The van der Waals surface area contributed by atoms with Crippen LogP contribution in [0.15, 0.2) is 43.0 Å². The number of hydrogen-bond acceptors (Lipinski definition) is 2. The topological polar surface area (TPSA) is 26.3 Å². The van der Waals surface area contributed by atoms with E-state index in [0.717, 1.165) is 7.11 Å². The molecule has 5 heteroatoms. The summed E-state index contributed by atoms with van der Waals surface area (Å²) in [6.07, 6.45) is -4.24. The standard InChI is InChI=1S/C12H11F3O2/c1-3-11(10(16)17-2,12(13,14)15)9-7-5-4-6-8-9/h3-8H,1H2,2H3/t11-/m0/s1. The lowest BCUT2D eigenvalue weighted by Crippen LogP contribution is -2.48. The molecular formula is C12H11F3O2. The van der Waals surface area contributed by atoms with Crippen LogP contribution in [0.4, 0.5) is 13.2 Å². The number of carbonyl (C=O) groups excluding carboxylic acids is 1. The van der Waals surface area contributed by atoms with Crippen molar-refractivity contribution < 1.29 is 22.7 Å². The molecule has 0 amide bonds. The number of methoxy groups -OCH3 is 1. The van der Waals surface area contributed by atoms with Crippen molar-refractivity contribution >= 4 is 5.97 Å². The molecule has 17 heavy (non-hydrogen) atoms. The van der Waals surface area contributed by atoms with Crippen molar-refractivity contribution in [3.8, 4) is 0 Å². The van der Waals surface area contributed by atoms with E-state index in [4.69, 9.17) is 0 Å². The zero-order valence-corrected chi connectivity index (χ0v) is 9.12. The van der Waals surface area contributed by atoms with Crippen LogP contribution in [-0.4, -0.2) is 19.3 Å². The van der Waals surface area contributed by atoms with Gasteiger partial charge in [-0.2, -0.15) is 13.2 Å². The first-order chi connectivity index (χ1) is 7.90. The van der Waals surface area contributed by atoms with Crippen LogP contribution in [0.3, 0.4) is 0 Å². The maximum atomic E-state index is 13.1. The van der Waals surface area contributed by atoms with Gasteiger partial charge in [0.1, 0.15) is 0 Å². The van der Waals surface area contributed by atoms with E-state index in [1.165, 1.54) is 24.3 Å². The summed E-state index contributed by atoms with van der Waals surface area (Å²) >= 11 is 0. The zero-order chi connectivity index (χ0) is 13.1. The van der Waals surface area contributed by atoms with E-state index in [9.17, 15) is 18.0 Å². The van der Waals surface area contributed by atoms with Gasteiger partial charge < -0.3 is 4.74 Å². The molecule has 0 radical (unpaired) electrons. The molecule has 0 aliphatic carbocycles. The molecule has 0 aliphatic heterocycles. The molecule has 1 aromatic carbocycles. The molecule has 2 nitrogen and oxygen atoms in total. The summed E-state index contributed by atoms with van der Waals surface area (Å²) in [4.78, 5) is 11.5. The number of ether oxygens (including phenoxy) is 1. The number of hydrogen-bond donors (Lipinski definition) is 0. The lowest BCUT2D eigenvalue weighted by Gasteiger charge is -2.30. The van der Waals surface area contributed by atoms with Crippen LogP contribution in [-0.2, 0) is 14.9 Å². The average molecular weight is 244 g/mol. The van der Waals surface area contributed by atoms with Crippen molar-refractivity contribution in [2.24, 2.45) is 0 Å². The smallest absolute Gasteiger partial charge is 0.412 e. The SMILES string of the molecule is C=C[C@@](C(=O)OC)(c1ccccc1)C(F)(F)F. The highest BCUT2D eigenvalue weighted by molar-refractivity contribution is 5.86. The molecule has 1 rings (SSSR count). The van der Waals surface area contributed by atoms with Crippen LogP contribution in [0.25, 0.3) is 0 Å². The van der Waals surface area contributed by atoms with Gasteiger partial charge in [-0.1, -0.05) is 36.4 Å². The Kier molecular flexibility index (Phi) is 3.60. The van der Waals surface area contributed by atoms with Crippen molar-refractivity contribution in [1.29, 1.82) is 0 Å². The van der Waals surface area contributed by atoms with Crippen LogP contribution >= 0.6 is 0 Å². The summed E-state index contributed by atoms with van der Waals surface area (Å²) in [6.45, 7) is 3.12. The molecule has 1 aromatic rings. The summed E-state index contributed by atoms with van der Waals surface area (Å²) in [5, 5.41) is 0. The minimum absolute atomic E-state index is 0.214. The second kappa shape index (κ2) is 4.61. The van der Waals surface area contributed by atoms with Crippen molar-refractivity contribution in [2.45, 2.75) is 11.6 Å². The lowest BCUT2D eigenvalue weighted by atomic mass is 9.80. The summed E-state index contributed by atoms with van der Waals surface area (Å²) in [6, 6.07) is 6.83. The number of benzene rings is 1. The third-order valence-corrected chi connectivity index (χ3v) is 2.49. The molecule has 92 valence electrons. The van der Waals surface area contributed by atoms with Gasteiger partial charge in [0.2, 0.25) is 5.41 Å². The molecule has 0 heterocycles. The maximum absolute atomic E-state index is 13.1. The normalized spacial score (nSPS) is 14.8. The number of alkyl halides is 3. The fourth-order valence-corrected chi connectivity index (χ4v) is 1.58. The van der Waals surface area contributed by atoms with E-state index in [1.807, 2.05) is 0 Å². The highest BCUT2D eigenvalue weighted by Gasteiger charge is 2.60. The van der Waals surface area contributed by atoms with Crippen molar-refractivity contribution in [3.63, 3.8) is 0 Å². The third kappa shape index (κ3) is 2.05. The number of carbonyl (C=O) groups is 1. The number of esters is 1. The fraction of sp³-hybridized carbons (Fsp3) is 0.250. The average Bonchev–Trinajstić information content (AvgIpc) is 2.30. The molecule has 0 N–H and O–H groups in total. The van der Waals surface area contributed by atoms with Gasteiger partial charge in [0.25, 0.3) is 0 Å². The van der Waals surface area contributed by atoms with Crippen LogP contribution in [0.1, 0.15) is 5.56 Å². The van der Waals surface area contributed by atoms with E-state index in [1.54, 1.807) is 6.07 Å². The monoisotopic (exact) mass is 244 g/mol. The van der Waals surface area contributed by atoms with E-state index in [2.05, 4.69) is 11.3 Å². The lowest BCUT2D eigenvalue weighted by molar-refractivity contribution is -0.196. The minimum Gasteiger partial charge on any atom is -0.468 e. The Balaban J connectivity index is 3.48. The van der Waals surface area contributed by atoms with Gasteiger partial charge in [0.05, 0.1) is 7.11 Å². The van der Waals surface area contributed by atoms with Gasteiger partial charge in [0, 0.05) is 0 Å². The molecular weight excluding hydrogens is 233 g/mol.